The lowest BCUT2D eigenvalue weighted by Gasteiger charge is -2.34. The first kappa shape index (κ1) is 12.1. The lowest BCUT2D eigenvalue weighted by Crippen LogP contribution is -2.45. The van der Waals surface area contributed by atoms with Crippen LogP contribution >= 0.6 is 11.3 Å². The molecule has 1 aliphatic rings. The van der Waals surface area contributed by atoms with Crippen LogP contribution in [0.5, 0.6) is 0 Å². The van der Waals surface area contributed by atoms with Crippen LogP contribution in [0.3, 0.4) is 0 Å². The van der Waals surface area contributed by atoms with Crippen LogP contribution in [0.4, 0.5) is 0 Å². The molecule has 2 heterocycles. The van der Waals surface area contributed by atoms with E-state index < -0.39 is 0 Å². The average Bonchev–Trinajstić information content (AvgIpc) is 2.76. The van der Waals surface area contributed by atoms with E-state index in [0.717, 1.165) is 31.6 Å². The molecule has 0 saturated carbocycles. The summed E-state index contributed by atoms with van der Waals surface area (Å²) >= 11 is 1.81. The first-order valence-electron chi connectivity index (χ1n) is 6.55. The molecule has 0 radical (unpaired) electrons. The van der Waals surface area contributed by atoms with E-state index in [9.17, 15) is 0 Å². The van der Waals surface area contributed by atoms with Gasteiger partial charge >= 0.3 is 0 Å². The number of thiazole rings is 1. The zero-order valence-corrected chi connectivity index (χ0v) is 11.5. The fraction of sp³-hybridized carbons (Fsp3) is 0.500. The maximum atomic E-state index is 6.06. The summed E-state index contributed by atoms with van der Waals surface area (Å²) < 4.78 is 1.29. The van der Waals surface area contributed by atoms with Gasteiger partial charge in [0.2, 0.25) is 0 Å². The Morgan fingerprint density at radius 3 is 3.06 bits per heavy atom. The van der Waals surface area contributed by atoms with Crippen molar-refractivity contribution in [2.45, 2.75) is 25.9 Å². The summed E-state index contributed by atoms with van der Waals surface area (Å²) in [7, 11) is 0. The molecule has 1 aromatic carbocycles. The second-order valence-electron chi connectivity index (χ2n) is 5.24. The molecule has 0 amide bonds. The van der Waals surface area contributed by atoms with E-state index in [1.54, 1.807) is 0 Å². The van der Waals surface area contributed by atoms with Crippen molar-refractivity contribution in [3.8, 4) is 0 Å². The summed E-state index contributed by atoms with van der Waals surface area (Å²) in [6.45, 7) is 5.41. The van der Waals surface area contributed by atoms with Crippen molar-refractivity contribution in [3.63, 3.8) is 0 Å². The quantitative estimate of drug-likeness (QED) is 0.903. The van der Waals surface area contributed by atoms with Gasteiger partial charge < -0.3 is 5.73 Å². The van der Waals surface area contributed by atoms with Crippen molar-refractivity contribution in [3.05, 3.63) is 29.3 Å². The number of benzene rings is 1. The zero-order chi connectivity index (χ0) is 12.5. The summed E-state index contributed by atoms with van der Waals surface area (Å²) in [5.74, 6) is 0.591. The van der Waals surface area contributed by atoms with Gasteiger partial charge in [-0.1, -0.05) is 19.1 Å². The Hall–Kier alpha value is -0.970. The number of rotatable bonds is 2. The standard InChI is InChI=1S/C14H19N3S/c1-10-8-17(7-6-11(10)15)9-14-16-12-4-2-3-5-13(12)18-14/h2-5,10-11H,6-9,15H2,1H3. The predicted octanol–water partition coefficient (Wildman–Crippen LogP) is 2.47. The van der Waals surface area contributed by atoms with E-state index in [1.165, 1.54) is 9.71 Å². The number of likely N-dealkylation sites (tertiary alicyclic amines) is 1. The van der Waals surface area contributed by atoms with E-state index in [0.29, 0.717) is 12.0 Å². The Balaban J connectivity index is 1.72. The third kappa shape index (κ3) is 2.41. The van der Waals surface area contributed by atoms with Gasteiger partial charge in [0.05, 0.1) is 16.8 Å². The molecular formula is C14H19N3S. The maximum Gasteiger partial charge on any atom is 0.108 e. The van der Waals surface area contributed by atoms with E-state index in [-0.39, 0.29) is 0 Å². The van der Waals surface area contributed by atoms with Crippen molar-refractivity contribution in [1.29, 1.82) is 0 Å². The van der Waals surface area contributed by atoms with E-state index in [2.05, 4.69) is 30.0 Å². The second-order valence-corrected chi connectivity index (χ2v) is 6.36. The van der Waals surface area contributed by atoms with Gasteiger partial charge in [-0.3, -0.25) is 4.90 Å². The minimum Gasteiger partial charge on any atom is -0.327 e. The minimum atomic E-state index is 0.372. The fourth-order valence-electron chi connectivity index (χ4n) is 2.57. The van der Waals surface area contributed by atoms with Crippen LogP contribution in [-0.4, -0.2) is 29.0 Å². The summed E-state index contributed by atoms with van der Waals surface area (Å²) in [6.07, 6.45) is 1.10. The summed E-state index contributed by atoms with van der Waals surface area (Å²) in [5, 5.41) is 1.22. The van der Waals surface area contributed by atoms with Crippen LogP contribution < -0.4 is 5.73 Å². The fourth-order valence-corrected chi connectivity index (χ4v) is 3.58. The first-order valence-corrected chi connectivity index (χ1v) is 7.36. The molecule has 18 heavy (non-hydrogen) atoms. The molecule has 4 heteroatoms. The molecule has 3 rings (SSSR count). The number of para-hydroxylation sites is 1. The molecule has 3 nitrogen and oxygen atoms in total. The lowest BCUT2D eigenvalue weighted by molar-refractivity contribution is 0.158. The molecule has 0 bridgehead atoms. The molecule has 1 aromatic heterocycles. The molecule has 1 saturated heterocycles. The highest BCUT2D eigenvalue weighted by atomic mass is 32.1. The van der Waals surface area contributed by atoms with Crippen molar-refractivity contribution >= 4 is 21.6 Å². The Labute approximate surface area is 112 Å². The number of nitrogens with zero attached hydrogens (tertiary/aromatic N) is 2. The third-order valence-electron chi connectivity index (χ3n) is 3.75. The number of aromatic nitrogens is 1. The number of piperidine rings is 1. The van der Waals surface area contributed by atoms with E-state index in [4.69, 9.17) is 10.7 Å². The normalized spacial score (nSPS) is 25.7. The molecule has 96 valence electrons. The molecule has 2 unspecified atom stereocenters. The number of hydrogen-bond acceptors (Lipinski definition) is 4. The van der Waals surface area contributed by atoms with Crippen LogP contribution in [0.1, 0.15) is 18.4 Å². The van der Waals surface area contributed by atoms with Crippen LogP contribution in [-0.2, 0) is 6.54 Å². The zero-order valence-electron chi connectivity index (χ0n) is 10.7. The Morgan fingerprint density at radius 1 is 1.44 bits per heavy atom. The van der Waals surface area contributed by atoms with Gasteiger partial charge in [0.1, 0.15) is 5.01 Å². The highest BCUT2D eigenvalue weighted by molar-refractivity contribution is 7.18. The monoisotopic (exact) mass is 261 g/mol. The molecule has 0 aliphatic carbocycles. The Bertz CT molecular complexity index is 504. The van der Waals surface area contributed by atoms with Crippen molar-refractivity contribution in [2.75, 3.05) is 13.1 Å². The lowest BCUT2D eigenvalue weighted by atomic mass is 9.95. The SMILES string of the molecule is CC1CN(Cc2nc3ccccc3s2)CCC1N. The molecule has 1 aliphatic heterocycles. The average molecular weight is 261 g/mol. The van der Waals surface area contributed by atoms with Crippen LogP contribution in [0.2, 0.25) is 0 Å². The van der Waals surface area contributed by atoms with Gasteiger partial charge in [-0.25, -0.2) is 4.98 Å². The second kappa shape index (κ2) is 4.96. The topological polar surface area (TPSA) is 42.2 Å². The van der Waals surface area contributed by atoms with Crippen molar-refractivity contribution < 1.29 is 0 Å². The van der Waals surface area contributed by atoms with Gasteiger partial charge in [-0.15, -0.1) is 11.3 Å². The molecular weight excluding hydrogens is 242 g/mol. The number of nitrogens with two attached hydrogens (primary N) is 1. The highest BCUT2D eigenvalue weighted by Crippen LogP contribution is 2.24. The molecule has 2 N–H and O–H groups in total. The van der Waals surface area contributed by atoms with E-state index >= 15 is 0 Å². The highest BCUT2D eigenvalue weighted by Gasteiger charge is 2.23. The molecule has 1 fully saturated rings. The van der Waals surface area contributed by atoms with Crippen molar-refractivity contribution in [2.24, 2.45) is 11.7 Å². The Kier molecular flexibility index (Phi) is 3.33. The van der Waals surface area contributed by atoms with Gasteiger partial charge in [0, 0.05) is 19.1 Å². The van der Waals surface area contributed by atoms with Gasteiger partial charge in [0.25, 0.3) is 0 Å². The van der Waals surface area contributed by atoms with Crippen LogP contribution in [0.25, 0.3) is 10.2 Å². The molecule has 2 atom stereocenters. The summed E-state index contributed by atoms with van der Waals surface area (Å²) in [5.41, 5.74) is 7.18. The smallest absolute Gasteiger partial charge is 0.108 e. The maximum absolute atomic E-state index is 6.06. The first-order chi connectivity index (χ1) is 8.72. The number of fused-ring (bicyclic) bond motifs is 1. The van der Waals surface area contributed by atoms with Gasteiger partial charge in [-0.2, -0.15) is 0 Å². The molecule has 0 spiro atoms. The largest absolute Gasteiger partial charge is 0.327 e. The predicted molar refractivity (Wildman–Crippen MR) is 76.7 cm³/mol. The Morgan fingerprint density at radius 2 is 2.28 bits per heavy atom. The molecule has 2 aromatic rings. The summed E-state index contributed by atoms with van der Waals surface area (Å²) in [4.78, 5) is 7.17. The van der Waals surface area contributed by atoms with E-state index in [1.807, 2.05) is 17.4 Å². The van der Waals surface area contributed by atoms with Crippen molar-refractivity contribution in [1.82, 2.24) is 9.88 Å². The van der Waals surface area contributed by atoms with Crippen LogP contribution in [0, 0.1) is 5.92 Å². The third-order valence-corrected chi connectivity index (χ3v) is 4.77. The minimum absolute atomic E-state index is 0.372. The van der Waals surface area contributed by atoms with Gasteiger partial charge in [-0.05, 0) is 24.5 Å². The summed E-state index contributed by atoms with van der Waals surface area (Å²) in [6, 6.07) is 8.73. The van der Waals surface area contributed by atoms with Crippen LogP contribution in [0.15, 0.2) is 24.3 Å². The number of hydrogen-bond donors (Lipinski definition) is 1. The van der Waals surface area contributed by atoms with Gasteiger partial charge in [0.15, 0.2) is 0 Å².